The van der Waals surface area contributed by atoms with Gasteiger partial charge in [0.05, 0.1) is 0 Å². The Hall–Kier alpha value is -1.71. The van der Waals surface area contributed by atoms with Crippen LogP contribution in [0.25, 0.3) is 0 Å². The molecule has 138 valence electrons. The van der Waals surface area contributed by atoms with Crippen molar-refractivity contribution in [3.8, 4) is 0 Å². The molecule has 1 unspecified atom stereocenters. The van der Waals surface area contributed by atoms with E-state index in [4.69, 9.17) is 11.6 Å². The molecule has 0 aliphatic carbocycles. The Morgan fingerprint density at radius 1 is 0.962 bits per heavy atom. The van der Waals surface area contributed by atoms with Crippen LogP contribution in [0.4, 0.5) is 11.4 Å². The van der Waals surface area contributed by atoms with Gasteiger partial charge in [0, 0.05) is 55.0 Å². The molecule has 0 spiro atoms. The molecule has 26 heavy (non-hydrogen) atoms. The Balaban J connectivity index is 1.17. The van der Waals surface area contributed by atoms with Gasteiger partial charge in [-0.1, -0.05) is 42.3 Å². The Labute approximate surface area is 161 Å². The number of nitrogens with one attached hydrogen (secondary N) is 1. The minimum Gasteiger partial charge on any atom is -0.384 e. The first kappa shape index (κ1) is 17.7. The highest BCUT2D eigenvalue weighted by Gasteiger charge is 2.21. The first-order valence-electron chi connectivity index (χ1n) is 9.85. The van der Waals surface area contributed by atoms with Crippen molar-refractivity contribution in [1.82, 2.24) is 4.90 Å². The van der Waals surface area contributed by atoms with E-state index in [-0.39, 0.29) is 0 Å². The summed E-state index contributed by atoms with van der Waals surface area (Å²) in [6.07, 6.45) is 3.91. The summed E-state index contributed by atoms with van der Waals surface area (Å²) in [5, 5.41) is 4.37. The number of piperazine rings is 1. The lowest BCUT2D eigenvalue weighted by molar-refractivity contribution is 0.251. The zero-order valence-corrected chi connectivity index (χ0v) is 16.1. The third kappa shape index (κ3) is 4.16. The number of hydrogen-bond donors (Lipinski definition) is 1. The molecule has 1 saturated heterocycles. The van der Waals surface area contributed by atoms with Crippen LogP contribution in [0.15, 0.2) is 48.5 Å². The van der Waals surface area contributed by atoms with Crippen molar-refractivity contribution in [2.24, 2.45) is 0 Å². The van der Waals surface area contributed by atoms with E-state index in [2.05, 4.69) is 51.5 Å². The van der Waals surface area contributed by atoms with Gasteiger partial charge in [0.1, 0.15) is 0 Å². The van der Waals surface area contributed by atoms with E-state index in [0.717, 1.165) is 37.7 Å². The smallest absolute Gasteiger partial charge is 0.0426 e. The summed E-state index contributed by atoms with van der Waals surface area (Å²) in [7, 11) is 0. The predicted octanol–water partition coefficient (Wildman–Crippen LogP) is 4.84. The van der Waals surface area contributed by atoms with Gasteiger partial charge >= 0.3 is 0 Å². The lowest BCUT2D eigenvalue weighted by Gasteiger charge is -2.36. The molecule has 4 heteroatoms. The summed E-state index contributed by atoms with van der Waals surface area (Å²) < 4.78 is 0. The second-order valence-electron chi connectivity index (χ2n) is 7.47. The van der Waals surface area contributed by atoms with Crippen molar-refractivity contribution < 1.29 is 0 Å². The van der Waals surface area contributed by atoms with Gasteiger partial charge in [-0.25, -0.2) is 0 Å². The number of halogens is 1. The van der Waals surface area contributed by atoms with Gasteiger partial charge in [0.2, 0.25) is 0 Å². The van der Waals surface area contributed by atoms with E-state index in [1.54, 1.807) is 0 Å². The van der Waals surface area contributed by atoms with Crippen LogP contribution in [0.5, 0.6) is 0 Å². The number of unbranched alkanes of at least 4 members (excludes halogenated alkanes) is 1. The lowest BCUT2D eigenvalue weighted by atomic mass is 9.95. The van der Waals surface area contributed by atoms with Crippen LogP contribution in [0.3, 0.4) is 0 Å². The Morgan fingerprint density at radius 2 is 1.81 bits per heavy atom. The molecule has 2 aromatic carbocycles. The highest BCUT2D eigenvalue weighted by molar-refractivity contribution is 6.30. The molecule has 2 aromatic rings. The van der Waals surface area contributed by atoms with E-state index in [1.807, 2.05) is 12.1 Å². The summed E-state index contributed by atoms with van der Waals surface area (Å²) in [6.45, 7) is 6.84. The van der Waals surface area contributed by atoms with Crippen LogP contribution >= 0.6 is 11.6 Å². The average Bonchev–Trinajstić information content (AvgIpc) is 3.09. The molecule has 0 bridgehead atoms. The second-order valence-corrected chi connectivity index (χ2v) is 7.91. The molecule has 1 N–H and O–H groups in total. The van der Waals surface area contributed by atoms with Crippen LogP contribution in [-0.4, -0.2) is 44.2 Å². The molecule has 0 amide bonds. The molecule has 2 aliphatic heterocycles. The zero-order valence-electron chi connectivity index (χ0n) is 15.3. The lowest BCUT2D eigenvalue weighted by Crippen LogP contribution is -2.46. The first-order chi connectivity index (χ1) is 12.8. The minimum atomic E-state index is 0.700. The van der Waals surface area contributed by atoms with Crippen LogP contribution in [0, 0.1) is 0 Å². The molecule has 3 nitrogen and oxygen atoms in total. The van der Waals surface area contributed by atoms with Gasteiger partial charge < -0.3 is 10.2 Å². The number of benzene rings is 2. The van der Waals surface area contributed by atoms with Crippen LogP contribution in [-0.2, 0) is 0 Å². The van der Waals surface area contributed by atoms with Gasteiger partial charge in [-0.05, 0) is 49.2 Å². The van der Waals surface area contributed by atoms with Crippen molar-refractivity contribution in [1.29, 1.82) is 0 Å². The molecule has 1 fully saturated rings. The quantitative estimate of drug-likeness (QED) is 0.735. The third-order valence-electron chi connectivity index (χ3n) is 5.76. The Morgan fingerprint density at radius 3 is 2.65 bits per heavy atom. The first-order valence-corrected chi connectivity index (χ1v) is 10.2. The summed E-state index contributed by atoms with van der Waals surface area (Å²) in [6, 6.07) is 17.0. The number of rotatable bonds is 6. The normalized spacial score (nSPS) is 20.0. The molecule has 0 saturated carbocycles. The van der Waals surface area contributed by atoms with Crippen molar-refractivity contribution in [2.75, 3.05) is 49.5 Å². The van der Waals surface area contributed by atoms with Crippen molar-refractivity contribution in [3.63, 3.8) is 0 Å². The standard InChI is InChI=1S/C22H28ClN3/c23-19-7-5-8-20(16-19)26-14-12-25(13-15-26)11-4-3-6-18-17-24-22-10-2-1-9-21(18)22/h1-2,5,7-10,16,18,24H,3-4,6,11-15,17H2. The fraction of sp³-hybridized carbons (Fsp3) is 0.455. The molecule has 2 aliphatic rings. The van der Waals surface area contributed by atoms with Crippen LogP contribution in [0.1, 0.15) is 30.7 Å². The molecule has 2 heterocycles. The zero-order chi connectivity index (χ0) is 17.8. The summed E-state index contributed by atoms with van der Waals surface area (Å²) in [4.78, 5) is 5.06. The van der Waals surface area contributed by atoms with Crippen LogP contribution in [0.2, 0.25) is 5.02 Å². The average molecular weight is 370 g/mol. The molecular weight excluding hydrogens is 342 g/mol. The number of nitrogens with zero attached hydrogens (tertiary/aromatic N) is 2. The van der Waals surface area contributed by atoms with E-state index in [0.29, 0.717) is 5.92 Å². The largest absolute Gasteiger partial charge is 0.384 e. The topological polar surface area (TPSA) is 18.5 Å². The van der Waals surface area contributed by atoms with Crippen molar-refractivity contribution in [3.05, 3.63) is 59.1 Å². The van der Waals surface area contributed by atoms with Gasteiger partial charge in [-0.3, -0.25) is 4.90 Å². The fourth-order valence-corrected chi connectivity index (χ4v) is 4.43. The minimum absolute atomic E-state index is 0.700. The number of hydrogen-bond acceptors (Lipinski definition) is 3. The van der Waals surface area contributed by atoms with Crippen molar-refractivity contribution in [2.45, 2.75) is 25.2 Å². The van der Waals surface area contributed by atoms with E-state index < -0.39 is 0 Å². The summed E-state index contributed by atoms with van der Waals surface area (Å²) in [5.74, 6) is 0.700. The number of anilines is 2. The maximum Gasteiger partial charge on any atom is 0.0426 e. The van der Waals surface area contributed by atoms with Crippen molar-refractivity contribution >= 4 is 23.0 Å². The van der Waals surface area contributed by atoms with E-state index >= 15 is 0 Å². The molecular formula is C22H28ClN3. The second kappa shape index (κ2) is 8.32. The number of para-hydroxylation sites is 1. The van der Waals surface area contributed by atoms with Gasteiger partial charge in [-0.15, -0.1) is 0 Å². The maximum atomic E-state index is 6.12. The number of fused-ring (bicyclic) bond motifs is 1. The molecule has 0 radical (unpaired) electrons. The summed E-state index contributed by atoms with van der Waals surface area (Å²) >= 11 is 6.12. The van der Waals surface area contributed by atoms with E-state index in [9.17, 15) is 0 Å². The third-order valence-corrected chi connectivity index (χ3v) is 6.00. The monoisotopic (exact) mass is 369 g/mol. The highest BCUT2D eigenvalue weighted by Crippen LogP contribution is 2.34. The van der Waals surface area contributed by atoms with Gasteiger partial charge in [-0.2, -0.15) is 0 Å². The maximum absolute atomic E-state index is 6.12. The summed E-state index contributed by atoms with van der Waals surface area (Å²) in [5.41, 5.74) is 4.11. The van der Waals surface area contributed by atoms with Gasteiger partial charge in [0.15, 0.2) is 0 Å². The highest BCUT2D eigenvalue weighted by atomic mass is 35.5. The predicted molar refractivity (Wildman–Crippen MR) is 112 cm³/mol. The van der Waals surface area contributed by atoms with Crippen LogP contribution < -0.4 is 10.2 Å². The Bertz CT molecular complexity index is 725. The van der Waals surface area contributed by atoms with E-state index in [1.165, 1.54) is 42.7 Å². The molecule has 4 rings (SSSR count). The fourth-order valence-electron chi connectivity index (χ4n) is 4.24. The SMILES string of the molecule is Clc1cccc(N2CCN(CCCCC3CNc4ccccc43)CC2)c1. The molecule has 0 aromatic heterocycles. The molecule has 1 atom stereocenters. The Kier molecular flexibility index (Phi) is 5.66. The van der Waals surface area contributed by atoms with Gasteiger partial charge in [0.25, 0.3) is 0 Å².